The molecular formula is C18H30N2O. The molecule has 2 rings (SSSR count). The van der Waals surface area contributed by atoms with Gasteiger partial charge in [0.15, 0.2) is 0 Å². The highest BCUT2D eigenvalue weighted by Gasteiger charge is 2.29. The SMILES string of the molecule is CC(C)c1cc(CO)cc(N2CCC(C(C)(C)C)CC2)n1. The zero-order chi connectivity index (χ0) is 15.6. The Balaban J connectivity index is 2.14. The predicted molar refractivity (Wildman–Crippen MR) is 88.6 cm³/mol. The Hall–Kier alpha value is -1.09. The van der Waals surface area contributed by atoms with Crippen molar-refractivity contribution in [1.29, 1.82) is 0 Å². The minimum atomic E-state index is 0.0910. The highest BCUT2D eigenvalue weighted by atomic mass is 16.3. The van der Waals surface area contributed by atoms with Crippen LogP contribution in [-0.4, -0.2) is 23.2 Å². The van der Waals surface area contributed by atoms with Gasteiger partial charge < -0.3 is 10.0 Å². The largest absolute Gasteiger partial charge is 0.392 e. The Morgan fingerprint density at radius 3 is 2.33 bits per heavy atom. The maximum Gasteiger partial charge on any atom is 0.129 e. The van der Waals surface area contributed by atoms with Gasteiger partial charge in [-0.25, -0.2) is 4.98 Å². The second kappa shape index (κ2) is 6.35. The van der Waals surface area contributed by atoms with Gasteiger partial charge in [0.25, 0.3) is 0 Å². The Bertz CT molecular complexity index is 469. The summed E-state index contributed by atoms with van der Waals surface area (Å²) < 4.78 is 0. The van der Waals surface area contributed by atoms with E-state index in [4.69, 9.17) is 4.98 Å². The topological polar surface area (TPSA) is 36.4 Å². The number of anilines is 1. The molecule has 0 amide bonds. The fourth-order valence-corrected chi connectivity index (χ4v) is 3.12. The molecule has 21 heavy (non-hydrogen) atoms. The standard InChI is InChI=1S/C18H30N2O/c1-13(2)16-10-14(12-21)11-17(19-16)20-8-6-15(7-9-20)18(3,4)5/h10-11,13,15,21H,6-9,12H2,1-5H3. The number of hydrogen-bond acceptors (Lipinski definition) is 3. The van der Waals surface area contributed by atoms with Crippen molar-refractivity contribution in [2.24, 2.45) is 11.3 Å². The van der Waals surface area contributed by atoms with Gasteiger partial charge in [0.05, 0.1) is 6.61 Å². The van der Waals surface area contributed by atoms with Gasteiger partial charge in [-0.05, 0) is 47.8 Å². The molecule has 118 valence electrons. The lowest BCUT2D eigenvalue weighted by Gasteiger charge is -2.39. The molecule has 1 N–H and O–H groups in total. The number of aromatic nitrogens is 1. The van der Waals surface area contributed by atoms with Crippen LogP contribution in [0.1, 0.15) is 64.6 Å². The molecule has 0 radical (unpaired) electrons. The minimum Gasteiger partial charge on any atom is -0.392 e. The van der Waals surface area contributed by atoms with Crippen LogP contribution < -0.4 is 4.90 Å². The summed E-state index contributed by atoms with van der Waals surface area (Å²) in [6, 6.07) is 4.07. The van der Waals surface area contributed by atoms with Crippen LogP contribution in [0.5, 0.6) is 0 Å². The lowest BCUT2D eigenvalue weighted by Crippen LogP contribution is -2.38. The van der Waals surface area contributed by atoms with E-state index in [9.17, 15) is 5.11 Å². The molecule has 0 saturated carbocycles. The van der Waals surface area contributed by atoms with Crippen LogP contribution in [0.4, 0.5) is 5.82 Å². The van der Waals surface area contributed by atoms with Crippen molar-refractivity contribution < 1.29 is 5.11 Å². The number of nitrogens with zero attached hydrogens (tertiary/aromatic N) is 2. The fraction of sp³-hybridized carbons (Fsp3) is 0.722. The molecule has 1 fully saturated rings. The van der Waals surface area contributed by atoms with Gasteiger partial charge in [-0.2, -0.15) is 0 Å². The smallest absolute Gasteiger partial charge is 0.129 e. The maximum atomic E-state index is 9.47. The van der Waals surface area contributed by atoms with Crippen molar-refractivity contribution in [3.63, 3.8) is 0 Å². The molecule has 0 unspecified atom stereocenters. The van der Waals surface area contributed by atoms with Crippen molar-refractivity contribution in [1.82, 2.24) is 4.98 Å². The van der Waals surface area contributed by atoms with E-state index >= 15 is 0 Å². The summed E-state index contributed by atoms with van der Waals surface area (Å²) in [4.78, 5) is 7.19. The Kier molecular flexibility index (Phi) is 4.92. The zero-order valence-electron chi connectivity index (χ0n) is 14.2. The molecular weight excluding hydrogens is 260 g/mol. The van der Waals surface area contributed by atoms with Crippen LogP contribution in [0.3, 0.4) is 0 Å². The summed E-state index contributed by atoms with van der Waals surface area (Å²) in [5.74, 6) is 2.22. The number of pyridine rings is 1. The Morgan fingerprint density at radius 2 is 1.86 bits per heavy atom. The molecule has 1 saturated heterocycles. The highest BCUT2D eigenvalue weighted by molar-refractivity contribution is 5.43. The molecule has 0 atom stereocenters. The number of aliphatic hydroxyl groups is 1. The van der Waals surface area contributed by atoms with Crippen molar-refractivity contribution >= 4 is 5.82 Å². The number of hydrogen-bond donors (Lipinski definition) is 1. The molecule has 3 heteroatoms. The monoisotopic (exact) mass is 290 g/mol. The van der Waals surface area contributed by atoms with Crippen LogP contribution in [0, 0.1) is 11.3 Å². The fourth-order valence-electron chi connectivity index (χ4n) is 3.12. The van der Waals surface area contributed by atoms with E-state index < -0.39 is 0 Å². The minimum absolute atomic E-state index is 0.0910. The third kappa shape index (κ3) is 3.97. The Labute approximate surface area is 129 Å². The van der Waals surface area contributed by atoms with Gasteiger partial charge in [0.1, 0.15) is 5.82 Å². The van der Waals surface area contributed by atoms with E-state index in [1.54, 1.807) is 0 Å². The van der Waals surface area contributed by atoms with Crippen LogP contribution >= 0.6 is 0 Å². The van der Waals surface area contributed by atoms with Gasteiger partial charge in [-0.1, -0.05) is 34.6 Å². The molecule has 0 aliphatic carbocycles. The Morgan fingerprint density at radius 1 is 1.24 bits per heavy atom. The number of rotatable bonds is 3. The van der Waals surface area contributed by atoms with Crippen LogP contribution in [-0.2, 0) is 6.61 Å². The molecule has 1 aliphatic heterocycles. The van der Waals surface area contributed by atoms with Crippen LogP contribution in [0.2, 0.25) is 0 Å². The highest BCUT2D eigenvalue weighted by Crippen LogP contribution is 2.35. The van der Waals surface area contributed by atoms with Gasteiger partial charge in [-0.15, -0.1) is 0 Å². The first kappa shape index (κ1) is 16.3. The second-order valence-corrected chi connectivity index (χ2v) is 7.70. The summed E-state index contributed by atoms with van der Waals surface area (Å²) in [6.07, 6.45) is 2.46. The summed E-state index contributed by atoms with van der Waals surface area (Å²) in [7, 11) is 0. The van der Waals surface area contributed by atoms with Crippen molar-refractivity contribution in [3.05, 3.63) is 23.4 Å². The molecule has 2 heterocycles. The maximum absolute atomic E-state index is 9.47. The molecule has 0 bridgehead atoms. The molecule has 0 aromatic carbocycles. The molecule has 1 aromatic heterocycles. The lowest BCUT2D eigenvalue weighted by molar-refractivity contribution is 0.198. The van der Waals surface area contributed by atoms with Crippen LogP contribution in [0.15, 0.2) is 12.1 Å². The van der Waals surface area contributed by atoms with E-state index in [1.165, 1.54) is 12.8 Å². The van der Waals surface area contributed by atoms with Crippen molar-refractivity contribution in [3.8, 4) is 0 Å². The number of piperidine rings is 1. The van der Waals surface area contributed by atoms with Crippen LogP contribution in [0.25, 0.3) is 0 Å². The van der Waals surface area contributed by atoms with Crippen molar-refractivity contribution in [2.75, 3.05) is 18.0 Å². The second-order valence-electron chi connectivity index (χ2n) is 7.70. The molecule has 0 spiro atoms. The first-order valence-corrected chi connectivity index (χ1v) is 8.18. The van der Waals surface area contributed by atoms with Gasteiger partial charge >= 0.3 is 0 Å². The van der Waals surface area contributed by atoms with E-state index in [0.717, 1.165) is 36.1 Å². The third-order valence-corrected chi connectivity index (χ3v) is 4.71. The summed E-state index contributed by atoms with van der Waals surface area (Å²) in [6.45, 7) is 13.6. The summed E-state index contributed by atoms with van der Waals surface area (Å²) >= 11 is 0. The van der Waals surface area contributed by atoms with E-state index in [0.29, 0.717) is 11.3 Å². The average molecular weight is 290 g/mol. The molecule has 1 aromatic rings. The summed E-state index contributed by atoms with van der Waals surface area (Å²) in [5, 5.41) is 9.47. The van der Waals surface area contributed by atoms with E-state index in [2.05, 4.69) is 39.5 Å². The molecule has 1 aliphatic rings. The quantitative estimate of drug-likeness (QED) is 0.915. The van der Waals surface area contributed by atoms with Crippen molar-refractivity contribution in [2.45, 2.75) is 60.0 Å². The molecule has 3 nitrogen and oxygen atoms in total. The zero-order valence-corrected chi connectivity index (χ0v) is 14.2. The van der Waals surface area contributed by atoms with Gasteiger partial charge in [0, 0.05) is 18.8 Å². The predicted octanol–water partition coefficient (Wildman–Crippen LogP) is 3.96. The lowest BCUT2D eigenvalue weighted by atomic mass is 9.75. The average Bonchev–Trinajstić information content (AvgIpc) is 2.46. The van der Waals surface area contributed by atoms with Gasteiger partial charge in [-0.3, -0.25) is 0 Å². The van der Waals surface area contributed by atoms with E-state index in [-0.39, 0.29) is 6.61 Å². The normalized spacial score (nSPS) is 17.6. The third-order valence-electron chi connectivity index (χ3n) is 4.71. The first-order valence-electron chi connectivity index (χ1n) is 8.18. The first-order chi connectivity index (χ1) is 9.81. The summed E-state index contributed by atoms with van der Waals surface area (Å²) in [5.41, 5.74) is 2.45. The number of aliphatic hydroxyl groups excluding tert-OH is 1. The van der Waals surface area contributed by atoms with E-state index in [1.807, 2.05) is 12.1 Å². The van der Waals surface area contributed by atoms with Gasteiger partial charge in [0.2, 0.25) is 0 Å².